The molecular formula is C15H18N2O3S. The predicted octanol–water partition coefficient (Wildman–Crippen LogP) is 2.02. The van der Waals surface area contributed by atoms with Gasteiger partial charge in [-0.25, -0.2) is 0 Å². The smallest absolute Gasteiger partial charge is 0.261 e. The molecule has 1 aromatic carbocycles. The van der Waals surface area contributed by atoms with E-state index < -0.39 is 0 Å². The summed E-state index contributed by atoms with van der Waals surface area (Å²) >= 11 is 1.41. The number of nitrogens with two attached hydrogens (primary N) is 1. The van der Waals surface area contributed by atoms with Crippen LogP contribution in [0.2, 0.25) is 0 Å². The Hall–Kier alpha value is -2.05. The van der Waals surface area contributed by atoms with Crippen molar-refractivity contribution >= 4 is 17.2 Å². The quantitative estimate of drug-likeness (QED) is 0.768. The molecule has 0 aliphatic carbocycles. The first-order valence-corrected chi connectivity index (χ1v) is 7.38. The van der Waals surface area contributed by atoms with Crippen molar-refractivity contribution in [1.82, 2.24) is 5.32 Å². The SMILES string of the molecule is COc1ccc(OCCNC(=O)c2ccc(CN)s2)cc1. The maximum absolute atomic E-state index is 11.9. The van der Waals surface area contributed by atoms with E-state index >= 15 is 0 Å². The molecule has 0 unspecified atom stereocenters. The molecule has 112 valence electrons. The van der Waals surface area contributed by atoms with Crippen LogP contribution in [0, 0.1) is 0 Å². The molecule has 2 aromatic rings. The van der Waals surface area contributed by atoms with Crippen LogP contribution >= 0.6 is 11.3 Å². The van der Waals surface area contributed by atoms with Crippen molar-refractivity contribution < 1.29 is 14.3 Å². The lowest BCUT2D eigenvalue weighted by atomic mass is 10.3. The Morgan fingerprint density at radius 3 is 2.52 bits per heavy atom. The van der Waals surface area contributed by atoms with E-state index in [1.807, 2.05) is 30.3 Å². The molecule has 0 aliphatic rings. The molecule has 5 nitrogen and oxygen atoms in total. The van der Waals surface area contributed by atoms with E-state index in [-0.39, 0.29) is 5.91 Å². The zero-order valence-corrected chi connectivity index (χ0v) is 12.6. The van der Waals surface area contributed by atoms with Crippen molar-refractivity contribution in [2.24, 2.45) is 5.73 Å². The number of thiophene rings is 1. The van der Waals surface area contributed by atoms with Crippen LogP contribution in [-0.2, 0) is 6.54 Å². The number of ether oxygens (including phenoxy) is 2. The van der Waals surface area contributed by atoms with Gasteiger partial charge in [0.1, 0.15) is 18.1 Å². The number of methoxy groups -OCH3 is 1. The largest absolute Gasteiger partial charge is 0.497 e. The number of carbonyl (C=O) groups is 1. The lowest BCUT2D eigenvalue weighted by Gasteiger charge is -2.07. The molecule has 0 radical (unpaired) electrons. The molecule has 0 fully saturated rings. The molecule has 3 N–H and O–H groups in total. The highest BCUT2D eigenvalue weighted by atomic mass is 32.1. The van der Waals surface area contributed by atoms with Crippen LogP contribution in [0.5, 0.6) is 11.5 Å². The minimum atomic E-state index is -0.0990. The molecule has 6 heteroatoms. The Morgan fingerprint density at radius 2 is 1.90 bits per heavy atom. The fourth-order valence-corrected chi connectivity index (χ4v) is 2.50. The molecule has 0 aliphatic heterocycles. The molecule has 2 rings (SSSR count). The number of hydrogen-bond acceptors (Lipinski definition) is 5. The van der Waals surface area contributed by atoms with E-state index in [0.29, 0.717) is 24.6 Å². The lowest BCUT2D eigenvalue weighted by Crippen LogP contribution is -2.27. The topological polar surface area (TPSA) is 73.6 Å². The highest BCUT2D eigenvalue weighted by Gasteiger charge is 2.07. The van der Waals surface area contributed by atoms with E-state index in [1.54, 1.807) is 13.2 Å². The van der Waals surface area contributed by atoms with Crippen LogP contribution in [0.25, 0.3) is 0 Å². The van der Waals surface area contributed by atoms with Crippen molar-refractivity contribution in [2.45, 2.75) is 6.54 Å². The minimum absolute atomic E-state index is 0.0990. The second kappa shape index (κ2) is 7.66. The fourth-order valence-electron chi connectivity index (χ4n) is 1.70. The van der Waals surface area contributed by atoms with Gasteiger partial charge in [-0.2, -0.15) is 0 Å². The molecule has 0 atom stereocenters. The number of nitrogens with one attached hydrogen (secondary N) is 1. The van der Waals surface area contributed by atoms with Gasteiger partial charge in [0.15, 0.2) is 0 Å². The Morgan fingerprint density at radius 1 is 1.19 bits per heavy atom. The Labute approximate surface area is 127 Å². The molecule has 0 bridgehead atoms. The first kappa shape index (κ1) is 15.3. The number of rotatable bonds is 7. The fraction of sp³-hybridized carbons (Fsp3) is 0.267. The van der Waals surface area contributed by atoms with Gasteiger partial charge >= 0.3 is 0 Å². The second-order valence-corrected chi connectivity index (χ2v) is 5.42. The van der Waals surface area contributed by atoms with E-state index in [0.717, 1.165) is 16.4 Å². The van der Waals surface area contributed by atoms with Crippen molar-refractivity contribution in [3.63, 3.8) is 0 Å². The molecule has 1 amide bonds. The molecular weight excluding hydrogens is 288 g/mol. The Kier molecular flexibility index (Phi) is 5.59. The maximum atomic E-state index is 11.9. The summed E-state index contributed by atoms with van der Waals surface area (Å²) < 4.78 is 10.6. The summed E-state index contributed by atoms with van der Waals surface area (Å²) in [6.07, 6.45) is 0. The van der Waals surface area contributed by atoms with Crippen LogP contribution in [0.15, 0.2) is 36.4 Å². The molecule has 1 aromatic heterocycles. The molecule has 0 saturated heterocycles. The second-order valence-electron chi connectivity index (χ2n) is 4.25. The molecule has 0 spiro atoms. The minimum Gasteiger partial charge on any atom is -0.497 e. The van der Waals surface area contributed by atoms with Gasteiger partial charge in [-0.05, 0) is 36.4 Å². The Balaban J connectivity index is 1.72. The summed E-state index contributed by atoms with van der Waals surface area (Å²) in [5.41, 5.74) is 5.52. The van der Waals surface area contributed by atoms with Gasteiger partial charge in [-0.3, -0.25) is 4.79 Å². The zero-order valence-electron chi connectivity index (χ0n) is 11.8. The number of carbonyl (C=O) groups excluding carboxylic acids is 1. The summed E-state index contributed by atoms with van der Waals surface area (Å²) in [6, 6.07) is 11.0. The van der Waals surface area contributed by atoms with Gasteiger partial charge in [0.2, 0.25) is 0 Å². The van der Waals surface area contributed by atoms with Crippen LogP contribution < -0.4 is 20.5 Å². The van der Waals surface area contributed by atoms with Crippen LogP contribution in [0.1, 0.15) is 14.5 Å². The Bertz CT molecular complexity index is 581. The summed E-state index contributed by atoms with van der Waals surface area (Å²) in [5, 5.41) is 2.81. The summed E-state index contributed by atoms with van der Waals surface area (Å²) in [5.74, 6) is 1.42. The van der Waals surface area contributed by atoms with Crippen molar-refractivity contribution in [3.05, 3.63) is 46.2 Å². The zero-order chi connectivity index (χ0) is 15.1. The van der Waals surface area contributed by atoms with Gasteiger partial charge in [0.25, 0.3) is 5.91 Å². The summed E-state index contributed by atoms with van der Waals surface area (Å²) in [6.45, 7) is 1.31. The van der Waals surface area contributed by atoms with Gasteiger partial charge < -0.3 is 20.5 Å². The van der Waals surface area contributed by atoms with Crippen molar-refractivity contribution in [3.8, 4) is 11.5 Å². The van der Waals surface area contributed by atoms with Crippen LogP contribution in [0.4, 0.5) is 0 Å². The van der Waals surface area contributed by atoms with E-state index in [1.165, 1.54) is 11.3 Å². The summed E-state index contributed by atoms with van der Waals surface area (Å²) in [7, 11) is 1.62. The van der Waals surface area contributed by atoms with Gasteiger partial charge in [-0.15, -0.1) is 11.3 Å². The van der Waals surface area contributed by atoms with Gasteiger partial charge in [0.05, 0.1) is 18.5 Å². The predicted molar refractivity (Wildman–Crippen MR) is 83.0 cm³/mol. The maximum Gasteiger partial charge on any atom is 0.261 e. The third-order valence-electron chi connectivity index (χ3n) is 2.80. The highest BCUT2D eigenvalue weighted by molar-refractivity contribution is 7.14. The van der Waals surface area contributed by atoms with E-state index in [4.69, 9.17) is 15.2 Å². The van der Waals surface area contributed by atoms with Crippen LogP contribution in [0.3, 0.4) is 0 Å². The number of amides is 1. The molecule has 0 saturated carbocycles. The van der Waals surface area contributed by atoms with Gasteiger partial charge in [0, 0.05) is 11.4 Å². The van der Waals surface area contributed by atoms with Gasteiger partial charge in [-0.1, -0.05) is 0 Å². The molecule has 21 heavy (non-hydrogen) atoms. The summed E-state index contributed by atoms with van der Waals surface area (Å²) in [4.78, 5) is 13.5. The van der Waals surface area contributed by atoms with E-state index in [9.17, 15) is 4.79 Å². The molecule has 1 heterocycles. The monoisotopic (exact) mass is 306 g/mol. The highest BCUT2D eigenvalue weighted by Crippen LogP contribution is 2.17. The third-order valence-corrected chi connectivity index (χ3v) is 3.91. The lowest BCUT2D eigenvalue weighted by molar-refractivity contribution is 0.0951. The first-order chi connectivity index (χ1) is 10.2. The van der Waals surface area contributed by atoms with Crippen molar-refractivity contribution in [1.29, 1.82) is 0 Å². The standard InChI is InChI=1S/C15H18N2O3S/c1-19-11-2-4-12(5-3-11)20-9-8-17-15(18)14-7-6-13(10-16)21-14/h2-7H,8-10,16H2,1H3,(H,17,18). The normalized spacial score (nSPS) is 10.2. The van der Waals surface area contributed by atoms with E-state index in [2.05, 4.69) is 5.32 Å². The third kappa shape index (κ3) is 4.47. The van der Waals surface area contributed by atoms with Crippen LogP contribution in [-0.4, -0.2) is 26.2 Å². The number of benzene rings is 1. The average molecular weight is 306 g/mol. The first-order valence-electron chi connectivity index (χ1n) is 6.56. The number of hydrogen-bond donors (Lipinski definition) is 2. The average Bonchev–Trinajstić information content (AvgIpc) is 3.01. The van der Waals surface area contributed by atoms with Crippen molar-refractivity contribution in [2.75, 3.05) is 20.3 Å².